The molecule has 0 unspecified atom stereocenters. The van der Waals surface area contributed by atoms with Crippen LogP contribution in [0.3, 0.4) is 0 Å². The normalized spacial score (nSPS) is 14.8. The van der Waals surface area contributed by atoms with Gasteiger partial charge in [-0.3, -0.25) is 4.68 Å². The van der Waals surface area contributed by atoms with Crippen molar-refractivity contribution in [2.75, 3.05) is 6.54 Å². The van der Waals surface area contributed by atoms with Crippen LogP contribution in [-0.4, -0.2) is 35.3 Å². The maximum atomic E-state index is 15.4. The summed E-state index contributed by atoms with van der Waals surface area (Å²) >= 11 is 12.3. The number of nitrogens with one attached hydrogen (secondary N) is 2. The highest BCUT2D eigenvalue weighted by Gasteiger charge is 2.25. The predicted molar refractivity (Wildman–Crippen MR) is 145 cm³/mol. The van der Waals surface area contributed by atoms with Crippen LogP contribution in [0.5, 0.6) is 0 Å². The highest BCUT2D eigenvalue weighted by molar-refractivity contribution is 7.90. The fourth-order valence-corrected chi connectivity index (χ4v) is 6.03. The van der Waals surface area contributed by atoms with E-state index in [1.165, 1.54) is 12.1 Å². The number of urea groups is 1. The number of aromatic nitrogens is 3. The Kier molecular flexibility index (Phi) is 7.21. The Hall–Kier alpha value is -3.34. The maximum Gasteiger partial charge on any atom is 0.329 e. The van der Waals surface area contributed by atoms with E-state index < -0.39 is 28.4 Å². The van der Waals surface area contributed by atoms with Gasteiger partial charge in [0.1, 0.15) is 5.83 Å². The smallest absolute Gasteiger partial charge is 0.329 e. The molecule has 0 aliphatic heterocycles. The monoisotopic (exact) mass is 575 g/mol. The lowest BCUT2D eigenvalue weighted by Crippen LogP contribution is -2.40. The number of carbonyl (C=O) groups excluding carboxylic acids is 1. The lowest BCUT2D eigenvalue weighted by molar-refractivity contribution is 0.246. The summed E-state index contributed by atoms with van der Waals surface area (Å²) in [6, 6.07) is 10.5. The van der Waals surface area contributed by atoms with Gasteiger partial charge in [0, 0.05) is 34.4 Å². The molecule has 0 spiro atoms. The highest BCUT2D eigenvalue weighted by Crippen LogP contribution is 2.34. The number of sulfonamides is 1. The molecule has 12 heteroatoms. The van der Waals surface area contributed by atoms with Crippen molar-refractivity contribution in [3.63, 3.8) is 0 Å². The van der Waals surface area contributed by atoms with Crippen LogP contribution < -0.4 is 10.0 Å². The van der Waals surface area contributed by atoms with E-state index in [9.17, 15) is 13.2 Å². The molecular formula is C26H24Cl2FN5O3S. The highest BCUT2D eigenvalue weighted by atomic mass is 35.5. The largest absolute Gasteiger partial charge is 0.351 e. The molecule has 198 valence electrons. The number of halogens is 3. The minimum Gasteiger partial charge on any atom is -0.351 e. The van der Waals surface area contributed by atoms with Crippen molar-refractivity contribution in [3.05, 3.63) is 87.6 Å². The summed E-state index contributed by atoms with van der Waals surface area (Å²) in [5.74, 6) is -0.562. The molecule has 2 aromatic carbocycles. The van der Waals surface area contributed by atoms with E-state index in [0.29, 0.717) is 39.8 Å². The molecule has 0 radical (unpaired) electrons. The van der Waals surface area contributed by atoms with Crippen molar-refractivity contribution in [2.45, 2.75) is 30.7 Å². The summed E-state index contributed by atoms with van der Waals surface area (Å²) in [4.78, 5) is 12.4. The Morgan fingerprint density at radius 1 is 1.13 bits per heavy atom. The van der Waals surface area contributed by atoms with Gasteiger partial charge in [-0.1, -0.05) is 35.3 Å². The van der Waals surface area contributed by atoms with Crippen LogP contribution in [0.25, 0.3) is 16.5 Å². The number of amides is 2. The Labute approximate surface area is 229 Å². The topological polar surface area (TPSA) is 98.0 Å². The minimum atomic E-state index is -4.16. The lowest BCUT2D eigenvalue weighted by Gasteiger charge is -2.19. The summed E-state index contributed by atoms with van der Waals surface area (Å²) in [5.41, 5.74) is 3.45. The summed E-state index contributed by atoms with van der Waals surface area (Å²) in [6.07, 6.45) is 5.45. The molecule has 2 aromatic heterocycles. The van der Waals surface area contributed by atoms with Gasteiger partial charge in [0.05, 0.1) is 29.9 Å². The number of aryl methyl sites for hydroxylation is 2. The van der Waals surface area contributed by atoms with Gasteiger partial charge in [-0.05, 0) is 66.1 Å². The van der Waals surface area contributed by atoms with Crippen molar-refractivity contribution in [2.24, 2.45) is 7.05 Å². The van der Waals surface area contributed by atoms with Gasteiger partial charge in [-0.25, -0.2) is 22.3 Å². The summed E-state index contributed by atoms with van der Waals surface area (Å²) < 4.78 is 46.3. The lowest BCUT2D eigenvalue weighted by atomic mass is 9.92. The van der Waals surface area contributed by atoms with Crippen LogP contribution >= 0.6 is 23.2 Å². The predicted octanol–water partition coefficient (Wildman–Crippen LogP) is 5.43. The standard InChI is InChI=1S/C26H24Cl2FN5O3S/c1-33-10-9-16-6-8-20(12-24(16)33)38(36,37)32-26(35)30-14-23(29)21-4-2-3-17-13-31-34(25(17)21)15-18-5-7-19(27)11-22(18)28/h5-13H,2-4,14-15H2,1H3,(H2,30,32,35)/b23-21-. The molecule has 5 rings (SSSR count). The summed E-state index contributed by atoms with van der Waals surface area (Å²) in [5, 5.41) is 8.62. The fourth-order valence-electron chi connectivity index (χ4n) is 4.62. The van der Waals surface area contributed by atoms with Crippen LogP contribution in [0.4, 0.5) is 9.18 Å². The molecule has 8 nitrogen and oxygen atoms in total. The van der Waals surface area contributed by atoms with Gasteiger partial charge in [0.2, 0.25) is 0 Å². The van der Waals surface area contributed by atoms with E-state index in [2.05, 4.69) is 10.4 Å². The van der Waals surface area contributed by atoms with Gasteiger partial charge in [0.15, 0.2) is 0 Å². The number of nitrogens with zero attached hydrogens (tertiary/aromatic N) is 3. The zero-order valence-electron chi connectivity index (χ0n) is 20.3. The molecule has 2 N–H and O–H groups in total. The van der Waals surface area contributed by atoms with Crippen LogP contribution in [0.15, 0.2) is 65.6 Å². The van der Waals surface area contributed by atoms with Crippen molar-refractivity contribution in [3.8, 4) is 0 Å². The molecule has 0 atom stereocenters. The Balaban J connectivity index is 1.31. The average molecular weight is 576 g/mol. The molecular weight excluding hydrogens is 552 g/mol. The quantitative estimate of drug-likeness (QED) is 0.320. The SMILES string of the molecule is Cn1ccc2ccc(S(=O)(=O)NC(=O)NC/C(F)=C3\CCCc4cnn(Cc5ccc(Cl)cc5Cl)c43)cc21. The third-order valence-electron chi connectivity index (χ3n) is 6.54. The Bertz CT molecular complexity index is 1690. The van der Waals surface area contributed by atoms with Crippen molar-refractivity contribution in [1.82, 2.24) is 24.4 Å². The molecule has 0 fully saturated rings. The molecule has 1 aliphatic rings. The molecule has 0 saturated carbocycles. The van der Waals surface area contributed by atoms with Gasteiger partial charge in [-0.2, -0.15) is 5.10 Å². The second kappa shape index (κ2) is 10.4. The van der Waals surface area contributed by atoms with E-state index in [1.54, 1.807) is 46.8 Å². The number of fused-ring (bicyclic) bond motifs is 2. The van der Waals surface area contributed by atoms with E-state index in [4.69, 9.17) is 23.2 Å². The molecule has 4 aromatic rings. The maximum absolute atomic E-state index is 15.4. The van der Waals surface area contributed by atoms with Crippen LogP contribution in [0, 0.1) is 0 Å². The van der Waals surface area contributed by atoms with Crippen LogP contribution in [0.2, 0.25) is 10.0 Å². The molecule has 2 heterocycles. The third kappa shape index (κ3) is 5.29. The van der Waals surface area contributed by atoms with Crippen LogP contribution in [0.1, 0.15) is 29.7 Å². The van der Waals surface area contributed by atoms with E-state index in [-0.39, 0.29) is 4.90 Å². The second-order valence-corrected chi connectivity index (χ2v) is 11.6. The zero-order valence-corrected chi connectivity index (χ0v) is 22.7. The Morgan fingerprint density at radius 2 is 1.95 bits per heavy atom. The molecule has 38 heavy (non-hydrogen) atoms. The van der Waals surface area contributed by atoms with Gasteiger partial charge in [0.25, 0.3) is 10.0 Å². The molecule has 1 aliphatic carbocycles. The zero-order chi connectivity index (χ0) is 27.0. The molecule has 0 saturated heterocycles. The fraction of sp³-hybridized carbons (Fsp3) is 0.231. The van der Waals surface area contributed by atoms with E-state index in [0.717, 1.165) is 29.4 Å². The minimum absolute atomic E-state index is 0.0672. The first kappa shape index (κ1) is 26.3. The third-order valence-corrected chi connectivity index (χ3v) is 8.45. The van der Waals surface area contributed by atoms with Gasteiger partial charge < -0.3 is 9.88 Å². The second-order valence-electron chi connectivity index (χ2n) is 9.08. The number of hydrogen-bond acceptors (Lipinski definition) is 4. The van der Waals surface area contributed by atoms with Gasteiger partial charge in [-0.15, -0.1) is 0 Å². The molecule has 2 amide bonds. The number of rotatable bonds is 6. The number of benzene rings is 2. The van der Waals surface area contributed by atoms with Crippen LogP contribution in [-0.2, 0) is 30.0 Å². The van der Waals surface area contributed by atoms with Crippen molar-refractivity contribution >= 4 is 55.7 Å². The number of allylic oxidation sites excluding steroid dienone is 1. The summed E-state index contributed by atoms with van der Waals surface area (Å²) in [7, 11) is -2.36. The van der Waals surface area contributed by atoms with E-state index in [1.807, 2.05) is 17.0 Å². The first-order chi connectivity index (χ1) is 18.1. The first-order valence-electron chi connectivity index (χ1n) is 11.8. The number of hydrogen-bond donors (Lipinski definition) is 2. The first-order valence-corrected chi connectivity index (χ1v) is 14.1. The Morgan fingerprint density at radius 3 is 2.74 bits per heavy atom. The molecule has 0 bridgehead atoms. The summed E-state index contributed by atoms with van der Waals surface area (Å²) in [6.45, 7) is -0.153. The van der Waals surface area contributed by atoms with Crippen molar-refractivity contribution < 1.29 is 17.6 Å². The van der Waals surface area contributed by atoms with Crippen molar-refractivity contribution in [1.29, 1.82) is 0 Å². The van der Waals surface area contributed by atoms with E-state index >= 15 is 4.39 Å². The average Bonchev–Trinajstić information content (AvgIpc) is 3.47. The van der Waals surface area contributed by atoms with Gasteiger partial charge >= 0.3 is 6.03 Å². The number of carbonyl (C=O) groups is 1.